The standard InChI is InChI=1S/C15H27N5O2/c1-3-8-15(2,11-21)17-14(22)16-10-13-19-18-12-7-5-4-6-9-20(12)13/h21H,3-11H2,1-2H3,(H2,16,17,22). The average molecular weight is 309 g/mol. The van der Waals surface area contributed by atoms with Crippen molar-refractivity contribution in [3.8, 4) is 0 Å². The molecule has 0 saturated heterocycles. The fourth-order valence-electron chi connectivity index (χ4n) is 2.89. The molecule has 0 spiro atoms. The van der Waals surface area contributed by atoms with Gasteiger partial charge in [-0.25, -0.2) is 4.79 Å². The van der Waals surface area contributed by atoms with E-state index < -0.39 is 5.54 Å². The van der Waals surface area contributed by atoms with E-state index in [0.29, 0.717) is 6.54 Å². The molecule has 22 heavy (non-hydrogen) atoms. The molecule has 2 amide bonds. The SMILES string of the molecule is CCCC(C)(CO)NC(=O)NCc1nnc2n1CCCCC2. The largest absolute Gasteiger partial charge is 0.394 e. The number of aliphatic hydroxyl groups excluding tert-OH is 1. The molecular formula is C15H27N5O2. The van der Waals surface area contributed by atoms with Gasteiger partial charge in [0.05, 0.1) is 18.7 Å². The quantitative estimate of drug-likeness (QED) is 0.740. The van der Waals surface area contributed by atoms with Crippen LogP contribution in [0.4, 0.5) is 4.79 Å². The van der Waals surface area contributed by atoms with E-state index in [1.807, 2.05) is 13.8 Å². The Bertz CT molecular complexity index is 502. The number of fused-ring (bicyclic) bond motifs is 1. The lowest BCUT2D eigenvalue weighted by Gasteiger charge is -2.28. The number of aromatic nitrogens is 3. The van der Waals surface area contributed by atoms with Gasteiger partial charge >= 0.3 is 6.03 Å². The van der Waals surface area contributed by atoms with Gasteiger partial charge in [0.25, 0.3) is 0 Å². The number of nitrogens with one attached hydrogen (secondary N) is 2. The molecule has 1 aromatic heterocycles. The van der Waals surface area contributed by atoms with Crippen LogP contribution in [-0.4, -0.2) is 38.0 Å². The predicted octanol–water partition coefficient (Wildman–Crippen LogP) is 1.35. The van der Waals surface area contributed by atoms with E-state index in [1.54, 1.807) is 0 Å². The lowest BCUT2D eigenvalue weighted by molar-refractivity contribution is 0.163. The lowest BCUT2D eigenvalue weighted by Crippen LogP contribution is -2.52. The van der Waals surface area contributed by atoms with Crippen molar-refractivity contribution in [2.75, 3.05) is 6.61 Å². The van der Waals surface area contributed by atoms with Crippen LogP contribution in [0.15, 0.2) is 0 Å². The summed E-state index contributed by atoms with van der Waals surface area (Å²) in [5, 5.41) is 23.5. The number of urea groups is 1. The molecule has 0 aliphatic carbocycles. The van der Waals surface area contributed by atoms with Gasteiger partial charge in [0.2, 0.25) is 0 Å². The maximum atomic E-state index is 12.0. The van der Waals surface area contributed by atoms with Crippen LogP contribution < -0.4 is 10.6 Å². The Kier molecular flexibility index (Phi) is 5.76. The van der Waals surface area contributed by atoms with Gasteiger partial charge in [-0.3, -0.25) is 0 Å². The Hall–Kier alpha value is -1.63. The van der Waals surface area contributed by atoms with Gasteiger partial charge in [0.1, 0.15) is 5.82 Å². The summed E-state index contributed by atoms with van der Waals surface area (Å²) in [5.74, 6) is 1.81. The second-order valence-corrected chi connectivity index (χ2v) is 6.27. The van der Waals surface area contributed by atoms with Crippen molar-refractivity contribution in [3.63, 3.8) is 0 Å². The molecule has 7 heteroatoms. The summed E-state index contributed by atoms with van der Waals surface area (Å²) >= 11 is 0. The zero-order valence-corrected chi connectivity index (χ0v) is 13.6. The van der Waals surface area contributed by atoms with E-state index in [4.69, 9.17) is 0 Å². The Morgan fingerprint density at radius 2 is 2.18 bits per heavy atom. The number of rotatable bonds is 6. The third kappa shape index (κ3) is 4.19. The van der Waals surface area contributed by atoms with Crippen molar-refractivity contribution < 1.29 is 9.90 Å². The van der Waals surface area contributed by atoms with Crippen LogP contribution in [-0.2, 0) is 19.5 Å². The molecule has 0 saturated carbocycles. The number of aliphatic hydroxyl groups is 1. The van der Waals surface area contributed by atoms with Crippen LogP contribution in [0.3, 0.4) is 0 Å². The summed E-state index contributed by atoms with van der Waals surface area (Å²) in [5.41, 5.74) is -0.583. The van der Waals surface area contributed by atoms with Crippen LogP contribution in [0.5, 0.6) is 0 Å². The monoisotopic (exact) mass is 309 g/mol. The van der Waals surface area contributed by atoms with Crippen LogP contribution in [0.25, 0.3) is 0 Å². The smallest absolute Gasteiger partial charge is 0.315 e. The van der Waals surface area contributed by atoms with Gasteiger partial charge in [-0.2, -0.15) is 0 Å². The molecule has 0 radical (unpaired) electrons. The number of nitrogens with zero attached hydrogens (tertiary/aromatic N) is 3. The number of hydrogen-bond donors (Lipinski definition) is 3. The second-order valence-electron chi connectivity index (χ2n) is 6.27. The summed E-state index contributed by atoms with van der Waals surface area (Å²) in [4.78, 5) is 12.0. The van der Waals surface area contributed by atoms with Crippen molar-refractivity contribution in [1.82, 2.24) is 25.4 Å². The fourth-order valence-corrected chi connectivity index (χ4v) is 2.89. The van der Waals surface area contributed by atoms with Gasteiger partial charge in [0.15, 0.2) is 5.82 Å². The first-order valence-electron chi connectivity index (χ1n) is 8.16. The Balaban J connectivity index is 1.90. The summed E-state index contributed by atoms with van der Waals surface area (Å²) < 4.78 is 2.12. The summed E-state index contributed by atoms with van der Waals surface area (Å²) in [7, 11) is 0. The molecule has 3 N–H and O–H groups in total. The first-order chi connectivity index (χ1) is 10.6. The molecule has 1 aliphatic rings. The minimum Gasteiger partial charge on any atom is -0.394 e. The predicted molar refractivity (Wildman–Crippen MR) is 83.3 cm³/mol. The van der Waals surface area contributed by atoms with Gasteiger partial charge in [0, 0.05) is 13.0 Å². The van der Waals surface area contributed by atoms with Gasteiger partial charge in [-0.15, -0.1) is 10.2 Å². The van der Waals surface area contributed by atoms with Gasteiger partial charge in [-0.05, 0) is 26.2 Å². The van der Waals surface area contributed by atoms with E-state index in [0.717, 1.165) is 50.3 Å². The molecule has 7 nitrogen and oxygen atoms in total. The molecule has 0 aromatic carbocycles. The van der Waals surface area contributed by atoms with E-state index in [2.05, 4.69) is 25.4 Å². The maximum absolute atomic E-state index is 12.0. The van der Waals surface area contributed by atoms with Crippen LogP contribution >= 0.6 is 0 Å². The van der Waals surface area contributed by atoms with E-state index in [1.165, 1.54) is 6.42 Å². The molecule has 124 valence electrons. The Morgan fingerprint density at radius 1 is 1.36 bits per heavy atom. The van der Waals surface area contributed by atoms with E-state index >= 15 is 0 Å². The molecule has 1 aliphatic heterocycles. The highest BCUT2D eigenvalue weighted by molar-refractivity contribution is 5.74. The average Bonchev–Trinajstić information content (AvgIpc) is 2.72. The van der Waals surface area contributed by atoms with Crippen molar-refractivity contribution in [2.24, 2.45) is 0 Å². The minimum atomic E-state index is -0.583. The van der Waals surface area contributed by atoms with Crippen LogP contribution in [0.2, 0.25) is 0 Å². The number of hydrogen-bond acceptors (Lipinski definition) is 4. The van der Waals surface area contributed by atoms with E-state index in [9.17, 15) is 9.90 Å². The van der Waals surface area contributed by atoms with Crippen LogP contribution in [0, 0.1) is 0 Å². The van der Waals surface area contributed by atoms with Crippen molar-refractivity contribution in [1.29, 1.82) is 0 Å². The highest BCUT2D eigenvalue weighted by Gasteiger charge is 2.24. The van der Waals surface area contributed by atoms with Crippen molar-refractivity contribution in [2.45, 2.75) is 71.0 Å². The molecule has 0 bridgehead atoms. The highest BCUT2D eigenvalue weighted by Crippen LogP contribution is 2.14. The van der Waals surface area contributed by atoms with Crippen molar-refractivity contribution in [3.05, 3.63) is 11.6 Å². The fraction of sp³-hybridized carbons (Fsp3) is 0.800. The maximum Gasteiger partial charge on any atom is 0.315 e. The highest BCUT2D eigenvalue weighted by atomic mass is 16.3. The van der Waals surface area contributed by atoms with Gasteiger partial charge in [-0.1, -0.05) is 19.8 Å². The Labute approximate surface area is 131 Å². The third-order valence-electron chi connectivity index (χ3n) is 4.16. The zero-order chi connectivity index (χ0) is 16.0. The summed E-state index contributed by atoms with van der Waals surface area (Å²) in [6.07, 6.45) is 6.08. The number of amides is 2. The first-order valence-corrected chi connectivity index (χ1v) is 8.16. The van der Waals surface area contributed by atoms with Crippen molar-refractivity contribution >= 4 is 6.03 Å². The molecule has 1 aromatic rings. The minimum absolute atomic E-state index is 0.0748. The molecule has 2 heterocycles. The number of carbonyl (C=O) groups is 1. The third-order valence-corrected chi connectivity index (χ3v) is 4.16. The molecular weight excluding hydrogens is 282 g/mol. The van der Waals surface area contributed by atoms with Crippen LogP contribution in [0.1, 0.15) is 57.6 Å². The topological polar surface area (TPSA) is 92.1 Å². The first kappa shape index (κ1) is 16.7. The molecule has 1 atom stereocenters. The second kappa shape index (κ2) is 7.58. The van der Waals surface area contributed by atoms with E-state index in [-0.39, 0.29) is 12.6 Å². The lowest BCUT2D eigenvalue weighted by atomic mass is 9.98. The van der Waals surface area contributed by atoms with Gasteiger partial charge < -0.3 is 20.3 Å². The Morgan fingerprint density at radius 3 is 2.91 bits per heavy atom. The normalized spacial score (nSPS) is 17.2. The zero-order valence-electron chi connectivity index (χ0n) is 13.6. The molecule has 0 fully saturated rings. The number of aryl methyl sites for hydroxylation is 1. The number of carbonyl (C=O) groups excluding carboxylic acids is 1. The summed E-state index contributed by atoms with van der Waals surface area (Å²) in [6, 6.07) is -0.282. The molecule has 1 unspecified atom stereocenters. The summed E-state index contributed by atoms with van der Waals surface area (Å²) in [6.45, 7) is 5.07. The molecule has 2 rings (SSSR count).